The van der Waals surface area contributed by atoms with Crippen molar-refractivity contribution < 1.29 is 19.1 Å². The normalized spacial score (nSPS) is 18.5. The van der Waals surface area contributed by atoms with Gasteiger partial charge in [-0.2, -0.15) is 0 Å². The van der Waals surface area contributed by atoms with Crippen molar-refractivity contribution in [1.82, 2.24) is 4.90 Å². The lowest BCUT2D eigenvalue weighted by Gasteiger charge is -2.40. The van der Waals surface area contributed by atoms with E-state index in [2.05, 4.69) is 0 Å². The Hall–Kier alpha value is -3.44. The summed E-state index contributed by atoms with van der Waals surface area (Å²) in [5, 5.41) is 0. The quantitative estimate of drug-likeness (QED) is 0.538. The van der Waals surface area contributed by atoms with E-state index in [4.69, 9.17) is 9.47 Å². The predicted molar refractivity (Wildman–Crippen MR) is 117 cm³/mol. The molecule has 4 rings (SSSR count). The van der Waals surface area contributed by atoms with Gasteiger partial charge in [-0.15, -0.1) is 0 Å². The molecule has 0 fully saturated rings. The number of carbonyl (C=O) groups is 2. The molecule has 2 atom stereocenters. The second kappa shape index (κ2) is 8.74. The Balaban J connectivity index is 1.85. The first-order valence-corrected chi connectivity index (χ1v) is 10.3. The number of nitrogens with zero attached hydrogens (tertiary/aromatic N) is 1. The van der Waals surface area contributed by atoms with Crippen molar-refractivity contribution in [2.45, 2.75) is 19.2 Å². The third-order valence-electron chi connectivity index (χ3n) is 5.64. The fourth-order valence-corrected chi connectivity index (χ4v) is 4.08. The van der Waals surface area contributed by atoms with Crippen molar-refractivity contribution in [2.75, 3.05) is 13.7 Å². The zero-order valence-electron chi connectivity index (χ0n) is 17.7. The van der Waals surface area contributed by atoms with Crippen LogP contribution in [0.4, 0.5) is 0 Å². The number of ether oxygens (including phenoxy) is 2. The molecule has 1 amide bonds. The first kappa shape index (κ1) is 20.8. The van der Waals surface area contributed by atoms with Crippen LogP contribution in [-0.4, -0.2) is 30.5 Å². The molecular formula is C26H25NO4. The highest BCUT2D eigenvalue weighted by atomic mass is 16.5. The summed E-state index contributed by atoms with van der Waals surface area (Å²) in [6, 6.07) is 27.0. The molecule has 0 radical (unpaired) electrons. The lowest BCUT2D eigenvalue weighted by molar-refractivity contribution is -0.155. The van der Waals surface area contributed by atoms with Crippen molar-refractivity contribution in [1.29, 1.82) is 0 Å². The maximum atomic E-state index is 13.6. The molecule has 158 valence electrons. The van der Waals surface area contributed by atoms with Gasteiger partial charge in [0.05, 0.1) is 19.6 Å². The van der Waals surface area contributed by atoms with Crippen LogP contribution in [0.15, 0.2) is 84.9 Å². The van der Waals surface area contributed by atoms with Crippen LogP contribution in [0.1, 0.15) is 34.0 Å². The van der Waals surface area contributed by atoms with Gasteiger partial charge in [-0.25, -0.2) is 0 Å². The number of hydrogen-bond acceptors (Lipinski definition) is 4. The standard InChI is InChI=1S/C26H25NO4/c1-19(25(29)30-2)18-31-26(21-13-7-4-8-14-21)23-16-10-9-15-22(23)24(28)27(26)17-20-11-5-3-6-12-20/h3-16,19H,17-18H2,1-2H3/t19-,26?/m0/s1. The van der Waals surface area contributed by atoms with Crippen molar-refractivity contribution in [2.24, 2.45) is 5.92 Å². The van der Waals surface area contributed by atoms with Gasteiger partial charge in [0.15, 0.2) is 5.72 Å². The van der Waals surface area contributed by atoms with E-state index in [-0.39, 0.29) is 18.5 Å². The number of methoxy groups -OCH3 is 1. The summed E-state index contributed by atoms with van der Waals surface area (Å²) in [6.07, 6.45) is 0. The minimum Gasteiger partial charge on any atom is -0.469 e. The van der Waals surface area contributed by atoms with Gasteiger partial charge in [0.1, 0.15) is 0 Å². The van der Waals surface area contributed by atoms with E-state index in [1.807, 2.05) is 84.9 Å². The lowest BCUT2D eigenvalue weighted by Crippen LogP contribution is -2.47. The summed E-state index contributed by atoms with van der Waals surface area (Å²) in [5.74, 6) is -0.934. The molecule has 31 heavy (non-hydrogen) atoms. The molecule has 3 aromatic rings. The first-order chi connectivity index (χ1) is 15.1. The Labute approximate surface area is 182 Å². The Morgan fingerprint density at radius 3 is 2.23 bits per heavy atom. The van der Waals surface area contributed by atoms with Gasteiger partial charge in [-0.05, 0) is 18.6 Å². The third-order valence-corrected chi connectivity index (χ3v) is 5.64. The number of carbonyl (C=O) groups excluding carboxylic acids is 2. The van der Waals surface area contributed by atoms with Gasteiger partial charge >= 0.3 is 5.97 Å². The van der Waals surface area contributed by atoms with Crippen LogP contribution in [0.25, 0.3) is 0 Å². The predicted octanol–water partition coefficient (Wildman–Crippen LogP) is 4.37. The molecule has 5 heteroatoms. The minimum absolute atomic E-state index is 0.103. The van der Waals surface area contributed by atoms with Crippen LogP contribution in [0, 0.1) is 5.92 Å². The van der Waals surface area contributed by atoms with Crippen LogP contribution in [-0.2, 0) is 26.5 Å². The molecule has 3 aromatic carbocycles. The molecule has 5 nitrogen and oxygen atoms in total. The highest BCUT2D eigenvalue weighted by molar-refractivity contribution is 6.00. The number of esters is 1. The van der Waals surface area contributed by atoms with E-state index in [1.165, 1.54) is 7.11 Å². The minimum atomic E-state index is -1.15. The van der Waals surface area contributed by atoms with Crippen molar-refractivity contribution >= 4 is 11.9 Å². The topological polar surface area (TPSA) is 55.8 Å². The Bertz CT molecular complexity index is 1070. The van der Waals surface area contributed by atoms with Crippen molar-refractivity contribution in [3.05, 3.63) is 107 Å². The lowest BCUT2D eigenvalue weighted by atomic mass is 9.93. The summed E-state index contributed by atoms with van der Waals surface area (Å²) in [7, 11) is 1.36. The van der Waals surface area contributed by atoms with E-state index in [0.29, 0.717) is 12.1 Å². The second-order valence-electron chi connectivity index (χ2n) is 7.67. The summed E-state index contributed by atoms with van der Waals surface area (Å²) < 4.78 is 11.4. The van der Waals surface area contributed by atoms with Gasteiger partial charge in [0.25, 0.3) is 5.91 Å². The number of fused-ring (bicyclic) bond motifs is 1. The van der Waals surface area contributed by atoms with Crippen LogP contribution in [0.2, 0.25) is 0 Å². The van der Waals surface area contributed by atoms with Crippen LogP contribution >= 0.6 is 0 Å². The number of benzene rings is 3. The molecule has 0 N–H and O–H groups in total. The molecule has 1 heterocycles. The Morgan fingerprint density at radius 1 is 0.935 bits per heavy atom. The Morgan fingerprint density at radius 2 is 1.55 bits per heavy atom. The summed E-state index contributed by atoms with van der Waals surface area (Å²) in [4.78, 5) is 27.4. The molecular weight excluding hydrogens is 390 g/mol. The highest BCUT2D eigenvalue weighted by Crippen LogP contribution is 2.46. The van der Waals surface area contributed by atoms with Crippen LogP contribution in [0.3, 0.4) is 0 Å². The van der Waals surface area contributed by atoms with Crippen LogP contribution < -0.4 is 0 Å². The van der Waals surface area contributed by atoms with Gasteiger partial charge in [0.2, 0.25) is 0 Å². The largest absolute Gasteiger partial charge is 0.469 e. The monoisotopic (exact) mass is 415 g/mol. The van der Waals surface area contributed by atoms with E-state index in [0.717, 1.165) is 16.7 Å². The molecule has 0 saturated carbocycles. The highest BCUT2D eigenvalue weighted by Gasteiger charge is 2.52. The van der Waals surface area contributed by atoms with Crippen LogP contribution in [0.5, 0.6) is 0 Å². The average Bonchev–Trinajstić information content (AvgIpc) is 3.07. The van der Waals surface area contributed by atoms with E-state index in [1.54, 1.807) is 11.8 Å². The molecule has 0 spiro atoms. The molecule has 1 unspecified atom stereocenters. The fourth-order valence-electron chi connectivity index (χ4n) is 4.08. The van der Waals surface area contributed by atoms with Gasteiger partial charge in [-0.1, -0.05) is 78.9 Å². The molecule has 0 bridgehead atoms. The summed E-state index contributed by atoms with van der Waals surface area (Å²) in [6.45, 7) is 2.24. The maximum absolute atomic E-state index is 13.6. The number of hydrogen-bond donors (Lipinski definition) is 0. The molecule has 0 saturated heterocycles. The van der Waals surface area contributed by atoms with E-state index in [9.17, 15) is 9.59 Å². The van der Waals surface area contributed by atoms with Gasteiger partial charge in [0, 0.05) is 23.2 Å². The maximum Gasteiger partial charge on any atom is 0.310 e. The molecule has 1 aliphatic rings. The second-order valence-corrected chi connectivity index (χ2v) is 7.67. The van der Waals surface area contributed by atoms with Gasteiger partial charge in [-0.3, -0.25) is 14.5 Å². The van der Waals surface area contributed by atoms with E-state index >= 15 is 0 Å². The summed E-state index contributed by atoms with van der Waals surface area (Å²) in [5.41, 5.74) is 2.06. The fraction of sp³-hybridized carbons (Fsp3) is 0.231. The molecule has 0 aliphatic carbocycles. The number of rotatable bonds is 7. The third kappa shape index (κ3) is 3.73. The van der Waals surface area contributed by atoms with Crippen molar-refractivity contribution in [3.8, 4) is 0 Å². The van der Waals surface area contributed by atoms with Crippen molar-refractivity contribution in [3.63, 3.8) is 0 Å². The Kier molecular flexibility index (Phi) is 5.87. The first-order valence-electron chi connectivity index (χ1n) is 10.3. The zero-order chi connectivity index (χ0) is 21.8. The smallest absolute Gasteiger partial charge is 0.310 e. The zero-order valence-corrected chi connectivity index (χ0v) is 17.7. The SMILES string of the molecule is COC(=O)[C@@H](C)COC1(c2ccccc2)c2ccccc2C(=O)N1Cc1ccccc1. The summed E-state index contributed by atoms with van der Waals surface area (Å²) >= 11 is 0. The number of amides is 1. The van der Waals surface area contributed by atoms with Gasteiger partial charge < -0.3 is 9.47 Å². The molecule has 0 aromatic heterocycles. The average molecular weight is 415 g/mol. The van der Waals surface area contributed by atoms with E-state index < -0.39 is 11.6 Å². The molecule has 1 aliphatic heterocycles.